The Balaban J connectivity index is 2.30. The molecular formula is C8H9N2O2Tl. The summed E-state index contributed by atoms with van der Waals surface area (Å²) in [5, 5.41) is 8.86. The number of carboxylic acid groups (broad SMARTS) is 1. The fraction of sp³-hybridized carbons (Fsp3) is 0.500. The number of carbonyl (C=O) groups is 1. The number of nitrogens with zero attached hydrogens (tertiary/aromatic N) is 2. The summed E-state index contributed by atoms with van der Waals surface area (Å²) in [6.07, 6.45) is 4.33. The zero-order valence-corrected chi connectivity index (χ0v) is 11.8. The predicted molar refractivity (Wildman–Crippen MR) is 46.5 cm³/mol. The molecule has 0 spiro atoms. The summed E-state index contributed by atoms with van der Waals surface area (Å²) in [6.45, 7) is 2.00. The molecular weight excluding hydrogens is 360 g/mol. The topological polar surface area (TPSA) is 55.1 Å². The minimum atomic E-state index is -0.686. The second kappa shape index (κ2) is 2.79. The maximum absolute atomic E-state index is 10.8. The molecule has 1 aliphatic carbocycles. The van der Waals surface area contributed by atoms with Gasteiger partial charge in [0, 0.05) is 0 Å². The first-order chi connectivity index (χ1) is 6.05. The summed E-state index contributed by atoms with van der Waals surface area (Å²) in [6, 6.07) is 0. The van der Waals surface area contributed by atoms with Gasteiger partial charge in [0.05, 0.1) is 0 Å². The van der Waals surface area contributed by atoms with Crippen LogP contribution in [0.4, 0.5) is 0 Å². The van der Waals surface area contributed by atoms with Crippen molar-refractivity contribution in [2.24, 2.45) is 5.92 Å². The van der Waals surface area contributed by atoms with Crippen LogP contribution in [0.1, 0.15) is 19.0 Å². The molecule has 13 heavy (non-hydrogen) atoms. The molecule has 66 valence electrons. The summed E-state index contributed by atoms with van der Waals surface area (Å²) in [7, 11) is 0. The van der Waals surface area contributed by atoms with Gasteiger partial charge in [0.2, 0.25) is 0 Å². The minimum absolute atomic E-state index is 0.156. The predicted octanol–water partition coefficient (Wildman–Crippen LogP) is 0.177. The zero-order valence-electron chi connectivity index (χ0n) is 7.27. The third-order valence-electron chi connectivity index (χ3n) is 2.79. The van der Waals surface area contributed by atoms with E-state index < -0.39 is 5.97 Å². The van der Waals surface area contributed by atoms with Gasteiger partial charge in [-0.05, 0) is 0 Å². The first kappa shape index (κ1) is 9.17. The molecule has 1 heterocycles. The van der Waals surface area contributed by atoms with Crippen LogP contribution in [0.3, 0.4) is 0 Å². The molecule has 0 radical (unpaired) electrons. The van der Waals surface area contributed by atoms with Crippen LogP contribution in [0.5, 0.6) is 0 Å². The van der Waals surface area contributed by atoms with Crippen molar-refractivity contribution in [3.8, 4) is 0 Å². The van der Waals surface area contributed by atoms with Gasteiger partial charge in [-0.2, -0.15) is 0 Å². The molecule has 1 aliphatic rings. The van der Waals surface area contributed by atoms with Gasteiger partial charge in [0.15, 0.2) is 0 Å². The van der Waals surface area contributed by atoms with E-state index in [0.29, 0.717) is 26.1 Å². The number of hydrogen-bond donors (Lipinski definition) is 1. The van der Waals surface area contributed by atoms with Crippen LogP contribution in [0.25, 0.3) is 0 Å². The van der Waals surface area contributed by atoms with Gasteiger partial charge >= 0.3 is 92.2 Å². The van der Waals surface area contributed by atoms with Gasteiger partial charge < -0.3 is 0 Å². The van der Waals surface area contributed by atoms with Crippen molar-refractivity contribution in [1.29, 1.82) is 0 Å². The Morgan fingerprint density at radius 1 is 1.92 bits per heavy atom. The van der Waals surface area contributed by atoms with E-state index in [0.717, 1.165) is 12.1 Å². The van der Waals surface area contributed by atoms with E-state index in [9.17, 15) is 4.79 Å². The molecule has 5 heteroatoms. The van der Waals surface area contributed by atoms with Crippen LogP contribution in [0.15, 0.2) is 12.5 Å². The van der Waals surface area contributed by atoms with Crippen molar-refractivity contribution in [3.05, 3.63) is 18.2 Å². The van der Waals surface area contributed by atoms with Gasteiger partial charge in [0.25, 0.3) is 0 Å². The molecule has 4 nitrogen and oxygen atoms in total. The van der Waals surface area contributed by atoms with Gasteiger partial charge in [-0.15, -0.1) is 0 Å². The molecule has 2 unspecified atom stereocenters. The van der Waals surface area contributed by atoms with Gasteiger partial charge in [-0.3, -0.25) is 0 Å². The fourth-order valence-corrected chi connectivity index (χ4v) is 3.46. The summed E-state index contributed by atoms with van der Waals surface area (Å²) in [5.41, 5.74) is 0.932. The molecule has 1 fully saturated rings. The first-order valence-electron chi connectivity index (χ1n) is 4.06. The Morgan fingerprint density at radius 2 is 2.62 bits per heavy atom. The van der Waals surface area contributed by atoms with E-state index in [-0.39, 0.29) is 11.3 Å². The van der Waals surface area contributed by atoms with Crippen LogP contribution < -0.4 is 0 Å². The molecule has 0 aliphatic heterocycles. The number of aliphatic carboxylic acids is 1. The molecule has 0 aromatic carbocycles. The zero-order chi connectivity index (χ0) is 9.64. The molecule has 0 amide bonds. The Kier molecular flexibility index (Phi) is 1.97. The third-order valence-corrected chi connectivity index (χ3v) is 4.39. The van der Waals surface area contributed by atoms with Crippen molar-refractivity contribution >= 4 is 32.0 Å². The van der Waals surface area contributed by atoms with Crippen molar-refractivity contribution in [2.45, 2.75) is 18.8 Å². The first-order valence-corrected chi connectivity index (χ1v) is 6.07. The van der Waals surface area contributed by atoms with E-state index in [4.69, 9.17) is 5.11 Å². The monoisotopic (exact) mass is 370 g/mol. The Bertz CT molecular complexity index is 363. The molecule has 1 N–H and O–H groups in total. The van der Waals surface area contributed by atoms with Crippen molar-refractivity contribution in [1.82, 2.24) is 7.36 Å². The molecule has 2 atom stereocenters. The van der Waals surface area contributed by atoms with Crippen LogP contribution in [0, 0.1) is 5.92 Å². The van der Waals surface area contributed by atoms with Crippen molar-refractivity contribution in [2.75, 3.05) is 0 Å². The normalized spacial score (nSPS) is 31.5. The van der Waals surface area contributed by atoms with Crippen molar-refractivity contribution in [3.63, 3.8) is 0 Å². The number of rotatable bonds is 2. The van der Waals surface area contributed by atoms with Gasteiger partial charge in [-0.1, -0.05) is 0 Å². The summed E-state index contributed by atoms with van der Waals surface area (Å²) < 4.78 is 2.06. The second-order valence-electron chi connectivity index (χ2n) is 3.70. The number of carboxylic acids is 1. The van der Waals surface area contributed by atoms with E-state index in [1.165, 1.54) is 0 Å². The van der Waals surface area contributed by atoms with Gasteiger partial charge in [-0.25, -0.2) is 0 Å². The van der Waals surface area contributed by atoms with Crippen LogP contribution in [-0.4, -0.2) is 44.5 Å². The van der Waals surface area contributed by atoms with Crippen LogP contribution in [-0.2, 0) is 10.2 Å². The fourth-order valence-electron chi connectivity index (χ4n) is 1.76. The average Bonchev–Trinajstić information content (AvgIpc) is 2.53. The van der Waals surface area contributed by atoms with Crippen LogP contribution >= 0.6 is 0 Å². The number of hydrogen-bond acceptors (Lipinski definition) is 2. The Labute approximate surface area is 92.1 Å². The van der Waals surface area contributed by atoms with E-state index >= 15 is 0 Å². The molecule has 0 saturated heterocycles. The molecule has 1 aromatic rings. The summed E-state index contributed by atoms with van der Waals surface area (Å²) in [5.74, 6) is -0.893. The summed E-state index contributed by atoms with van der Waals surface area (Å²) >= 11 is 0.661. The third kappa shape index (κ3) is 1.31. The van der Waals surface area contributed by atoms with E-state index in [1.807, 2.05) is 6.92 Å². The SMILES string of the molecule is CC1(c2cnc[n]2[Tl])CC1C(=O)O. The quantitative estimate of drug-likeness (QED) is 0.757. The molecule has 1 aromatic heterocycles. The number of imidazole rings is 1. The maximum atomic E-state index is 10.8. The number of aromatic nitrogens is 2. The average molecular weight is 370 g/mol. The van der Waals surface area contributed by atoms with Crippen molar-refractivity contribution < 1.29 is 9.90 Å². The van der Waals surface area contributed by atoms with E-state index in [2.05, 4.69) is 7.36 Å². The summed E-state index contributed by atoms with van der Waals surface area (Å²) in [4.78, 5) is 14.8. The molecule has 1 saturated carbocycles. The van der Waals surface area contributed by atoms with Gasteiger partial charge in [0.1, 0.15) is 0 Å². The molecule has 2 rings (SSSR count). The van der Waals surface area contributed by atoms with Crippen LogP contribution in [0.2, 0.25) is 0 Å². The van der Waals surface area contributed by atoms with E-state index in [1.54, 1.807) is 12.5 Å². The Hall–Kier alpha value is -0.398. The standard InChI is InChI=1S/C8H10N2O2.Tl/c1-8(2-5(8)7(11)12)6-3-9-4-10-6;/h3-5H,2H2,1H3,(H2,9,10,11,12);/q;+1/p-1. The second-order valence-corrected chi connectivity index (χ2v) is 5.86. The Morgan fingerprint density at radius 3 is 3.00 bits per heavy atom. The molecule has 0 bridgehead atoms.